The number of ether oxygens (including phenoxy) is 1. The molecule has 0 saturated carbocycles. The molecule has 7 nitrogen and oxygen atoms in total. The molecule has 3 N–H and O–H groups in total. The Labute approximate surface area is 172 Å². The van der Waals surface area contributed by atoms with E-state index in [0.29, 0.717) is 22.9 Å². The molecule has 0 unspecified atom stereocenters. The Bertz CT molecular complexity index is 916. The molecule has 1 heterocycles. The number of hydrogen-bond donors (Lipinski definition) is 3. The molecular weight excluding hydrogens is 399 g/mol. The second kappa shape index (κ2) is 9.99. The average Bonchev–Trinajstić information content (AvgIpc) is 3.23. The Hall–Kier alpha value is -2.97. The van der Waals surface area contributed by atoms with Crippen molar-refractivity contribution in [1.82, 2.24) is 10.7 Å². The highest BCUT2D eigenvalue weighted by Gasteiger charge is 2.19. The summed E-state index contributed by atoms with van der Waals surface area (Å²) in [5, 5.41) is 9.69. The van der Waals surface area contributed by atoms with Gasteiger partial charge in [-0.05, 0) is 43.2 Å². The van der Waals surface area contributed by atoms with Crippen molar-refractivity contribution in [2.24, 2.45) is 5.10 Å². The first kappa shape index (κ1) is 20.8. The van der Waals surface area contributed by atoms with E-state index in [2.05, 4.69) is 21.2 Å². The molecule has 2 aromatic carbocycles. The minimum Gasteiger partial charge on any atom is -0.376 e. The van der Waals surface area contributed by atoms with Crippen LogP contribution in [0, 0.1) is 5.82 Å². The minimum atomic E-state index is -0.898. The number of halogens is 2. The Morgan fingerprint density at radius 1 is 1.21 bits per heavy atom. The third kappa shape index (κ3) is 6.00. The lowest BCUT2D eigenvalue weighted by atomic mass is 10.2. The number of rotatable bonds is 6. The Morgan fingerprint density at radius 3 is 2.79 bits per heavy atom. The molecule has 0 bridgehead atoms. The smallest absolute Gasteiger partial charge is 0.329 e. The van der Waals surface area contributed by atoms with Crippen molar-refractivity contribution in [1.29, 1.82) is 0 Å². The molecule has 0 aliphatic carbocycles. The first-order chi connectivity index (χ1) is 14.0. The summed E-state index contributed by atoms with van der Waals surface area (Å²) in [6.45, 7) is 0.945. The third-order valence-electron chi connectivity index (χ3n) is 4.25. The summed E-state index contributed by atoms with van der Waals surface area (Å²) in [5.74, 6) is -2.11. The number of carbonyl (C=O) groups excluding carboxylic acids is 2. The standard InChI is InChI=1S/C20H20ClFN4O3/c21-14-7-8-17(25-18-6-2-1-5-16(18)22)13(10-14)11-24-26-20(28)19(27)23-12-15-4-3-9-29-15/h1-2,5-8,10-11,15,25H,3-4,9,12H2,(H,23,27)(H,26,28)/b24-11-/t15-/m0/s1. The lowest BCUT2D eigenvalue weighted by molar-refractivity contribution is -0.139. The summed E-state index contributed by atoms with van der Waals surface area (Å²) in [6.07, 6.45) is 3.06. The topological polar surface area (TPSA) is 91.8 Å². The van der Waals surface area contributed by atoms with Gasteiger partial charge in [0.2, 0.25) is 0 Å². The third-order valence-corrected chi connectivity index (χ3v) is 4.48. The van der Waals surface area contributed by atoms with E-state index in [9.17, 15) is 14.0 Å². The molecule has 2 aromatic rings. The zero-order chi connectivity index (χ0) is 20.6. The number of hydrazone groups is 1. The van der Waals surface area contributed by atoms with Crippen molar-refractivity contribution in [2.75, 3.05) is 18.5 Å². The van der Waals surface area contributed by atoms with E-state index in [-0.39, 0.29) is 18.3 Å². The maximum Gasteiger partial charge on any atom is 0.329 e. The van der Waals surface area contributed by atoms with E-state index >= 15 is 0 Å². The Kier molecular flexibility index (Phi) is 7.15. The summed E-state index contributed by atoms with van der Waals surface area (Å²) in [5.41, 5.74) is 3.47. The van der Waals surface area contributed by atoms with E-state index in [0.717, 1.165) is 12.8 Å². The van der Waals surface area contributed by atoms with Crippen LogP contribution in [0.25, 0.3) is 0 Å². The molecule has 29 heavy (non-hydrogen) atoms. The van der Waals surface area contributed by atoms with Crippen LogP contribution in [0.4, 0.5) is 15.8 Å². The quantitative estimate of drug-likeness (QED) is 0.382. The molecular formula is C20H20ClFN4O3. The fourth-order valence-electron chi connectivity index (χ4n) is 2.77. The Balaban J connectivity index is 1.60. The normalized spacial score (nSPS) is 16.0. The van der Waals surface area contributed by atoms with Crippen molar-refractivity contribution in [3.05, 3.63) is 58.9 Å². The maximum atomic E-state index is 13.9. The lowest BCUT2D eigenvalue weighted by Gasteiger charge is -2.11. The summed E-state index contributed by atoms with van der Waals surface area (Å²) >= 11 is 6.02. The molecule has 152 valence electrons. The zero-order valence-corrected chi connectivity index (χ0v) is 16.2. The summed E-state index contributed by atoms with van der Waals surface area (Å²) in [6, 6.07) is 11.1. The highest BCUT2D eigenvalue weighted by molar-refractivity contribution is 6.35. The first-order valence-corrected chi connectivity index (χ1v) is 9.44. The summed E-state index contributed by atoms with van der Waals surface area (Å²) in [7, 11) is 0. The van der Waals surface area contributed by atoms with E-state index in [1.807, 2.05) is 0 Å². The van der Waals surface area contributed by atoms with Gasteiger partial charge in [-0.25, -0.2) is 9.82 Å². The fourth-order valence-corrected chi connectivity index (χ4v) is 2.95. The number of hydrogen-bond acceptors (Lipinski definition) is 5. The van der Waals surface area contributed by atoms with Gasteiger partial charge in [-0.1, -0.05) is 23.7 Å². The monoisotopic (exact) mass is 418 g/mol. The average molecular weight is 419 g/mol. The van der Waals surface area contributed by atoms with Gasteiger partial charge in [0.25, 0.3) is 0 Å². The second-order valence-electron chi connectivity index (χ2n) is 6.38. The van der Waals surface area contributed by atoms with Crippen LogP contribution in [-0.4, -0.2) is 37.3 Å². The van der Waals surface area contributed by atoms with Gasteiger partial charge in [0, 0.05) is 29.4 Å². The molecule has 1 atom stereocenters. The van der Waals surface area contributed by atoms with Crippen LogP contribution in [0.1, 0.15) is 18.4 Å². The number of anilines is 2. The Morgan fingerprint density at radius 2 is 2.03 bits per heavy atom. The van der Waals surface area contributed by atoms with Gasteiger partial charge < -0.3 is 15.4 Å². The van der Waals surface area contributed by atoms with Gasteiger partial charge in [0.1, 0.15) is 5.82 Å². The molecule has 9 heteroatoms. The van der Waals surface area contributed by atoms with Crippen molar-refractivity contribution in [3.63, 3.8) is 0 Å². The van der Waals surface area contributed by atoms with Crippen LogP contribution < -0.4 is 16.1 Å². The van der Waals surface area contributed by atoms with Crippen molar-refractivity contribution < 1.29 is 18.7 Å². The van der Waals surface area contributed by atoms with Gasteiger partial charge in [-0.15, -0.1) is 0 Å². The molecule has 3 rings (SSSR count). The van der Waals surface area contributed by atoms with Crippen LogP contribution in [0.5, 0.6) is 0 Å². The van der Waals surface area contributed by atoms with Crippen LogP contribution in [0.2, 0.25) is 5.02 Å². The second-order valence-corrected chi connectivity index (χ2v) is 6.82. The number of nitrogens with zero attached hydrogens (tertiary/aromatic N) is 1. The van der Waals surface area contributed by atoms with Crippen molar-refractivity contribution >= 4 is 41.0 Å². The predicted octanol–water partition coefficient (Wildman–Crippen LogP) is 2.97. The molecule has 2 amide bonds. The molecule has 1 aliphatic heterocycles. The SMILES string of the molecule is O=C(NC[C@@H]1CCCO1)C(=O)N/N=C\c1cc(Cl)ccc1Nc1ccccc1F. The molecule has 0 aromatic heterocycles. The van der Waals surface area contributed by atoms with Gasteiger partial charge in [-0.2, -0.15) is 5.10 Å². The van der Waals surface area contributed by atoms with Crippen molar-refractivity contribution in [2.45, 2.75) is 18.9 Å². The number of amides is 2. The van der Waals surface area contributed by atoms with Gasteiger partial charge in [0.15, 0.2) is 0 Å². The van der Waals surface area contributed by atoms with Crippen molar-refractivity contribution in [3.8, 4) is 0 Å². The maximum absolute atomic E-state index is 13.9. The highest BCUT2D eigenvalue weighted by atomic mass is 35.5. The van der Waals surface area contributed by atoms with E-state index in [4.69, 9.17) is 16.3 Å². The lowest BCUT2D eigenvalue weighted by Crippen LogP contribution is -2.41. The highest BCUT2D eigenvalue weighted by Crippen LogP contribution is 2.24. The number of carbonyl (C=O) groups is 2. The molecule has 1 fully saturated rings. The molecule has 0 radical (unpaired) electrons. The fraction of sp³-hybridized carbons (Fsp3) is 0.250. The van der Waals surface area contributed by atoms with E-state index in [1.165, 1.54) is 12.3 Å². The van der Waals surface area contributed by atoms with Crippen LogP contribution >= 0.6 is 11.6 Å². The molecule has 1 aliphatic rings. The van der Waals surface area contributed by atoms with Crippen LogP contribution in [0.3, 0.4) is 0 Å². The van der Waals surface area contributed by atoms with E-state index in [1.54, 1.807) is 36.4 Å². The van der Waals surface area contributed by atoms with Crippen LogP contribution in [-0.2, 0) is 14.3 Å². The molecule has 1 saturated heterocycles. The van der Waals surface area contributed by atoms with Gasteiger partial charge >= 0.3 is 11.8 Å². The number of benzene rings is 2. The number of nitrogens with one attached hydrogen (secondary N) is 3. The molecule has 0 spiro atoms. The van der Waals surface area contributed by atoms with Gasteiger partial charge in [0.05, 0.1) is 18.0 Å². The summed E-state index contributed by atoms with van der Waals surface area (Å²) < 4.78 is 19.3. The predicted molar refractivity (Wildman–Crippen MR) is 109 cm³/mol. The van der Waals surface area contributed by atoms with Gasteiger partial charge in [-0.3, -0.25) is 9.59 Å². The van der Waals surface area contributed by atoms with E-state index < -0.39 is 17.6 Å². The minimum absolute atomic E-state index is 0.0614. The number of para-hydroxylation sites is 1. The van der Waals surface area contributed by atoms with Crippen LogP contribution in [0.15, 0.2) is 47.6 Å². The first-order valence-electron chi connectivity index (χ1n) is 9.07. The summed E-state index contributed by atoms with van der Waals surface area (Å²) in [4.78, 5) is 23.7. The largest absolute Gasteiger partial charge is 0.376 e. The zero-order valence-electron chi connectivity index (χ0n) is 15.5.